The maximum atomic E-state index is 10.1. The smallest absolute Gasteiger partial charge is 0.162 e. The number of rotatable bonds is 25. The van der Waals surface area contributed by atoms with Crippen molar-refractivity contribution in [3.8, 4) is 0 Å². The molecule has 0 aliphatic rings. The molecule has 0 aromatic heterocycles. The predicted octanol–water partition coefficient (Wildman–Crippen LogP) is 7.75. The molecule has 0 rings (SSSR count). The Morgan fingerprint density at radius 1 is 0.312 bits per heavy atom. The molecule has 0 spiro atoms. The highest BCUT2D eigenvalue weighted by Gasteiger charge is 2.22. The summed E-state index contributed by atoms with van der Waals surface area (Å²) in [6.07, 6.45) is 24.5. The summed E-state index contributed by atoms with van der Waals surface area (Å²) in [5.74, 6) is -2.99. The van der Waals surface area contributed by atoms with Gasteiger partial charge in [0.1, 0.15) is 0 Å². The van der Waals surface area contributed by atoms with E-state index in [1.54, 1.807) is 0 Å². The predicted molar refractivity (Wildman–Crippen MR) is 136 cm³/mol. The first-order chi connectivity index (χ1) is 15.3. The largest absolute Gasteiger partial charge is 0.366 e. The Hall–Kier alpha value is -0.160. The molecule has 0 heterocycles. The molecule has 0 radical (unpaired) electrons. The second kappa shape index (κ2) is 21.4. The summed E-state index contributed by atoms with van der Waals surface area (Å²) in [6, 6.07) is 0. The van der Waals surface area contributed by atoms with Crippen LogP contribution in [-0.2, 0) is 0 Å². The average Bonchev–Trinajstić information content (AvgIpc) is 2.74. The van der Waals surface area contributed by atoms with Gasteiger partial charge in [-0.25, -0.2) is 0 Å². The lowest BCUT2D eigenvalue weighted by atomic mass is 9.98. The molecule has 0 saturated heterocycles. The van der Waals surface area contributed by atoms with Gasteiger partial charge >= 0.3 is 0 Å². The molecule has 194 valence electrons. The number of aliphatic hydroxyl groups is 4. The highest BCUT2D eigenvalue weighted by atomic mass is 16.5. The molecule has 32 heavy (non-hydrogen) atoms. The quantitative estimate of drug-likeness (QED) is 0.0832. The van der Waals surface area contributed by atoms with Crippen molar-refractivity contribution < 1.29 is 20.4 Å². The summed E-state index contributed by atoms with van der Waals surface area (Å²) in [7, 11) is 0. The minimum absolute atomic E-state index is 0.470. The second-order valence-corrected chi connectivity index (χ2v) is 10.3. The maximum Gasteiger partial charge on any atom is 0.162 e. The fraction of sp³-hybridized carbons (Fsp3) is 1.00. The summed E-state index contributed by atoms with van der Waals surface area (Å²) in [5.41, 5.74) is 0. The Labute approximate surface area is 200 Å². The van der Waals surface area contributed by atoms with E-state index in [9.17, 15) is 20.4 Å². The third kappa shape index (κ3) is 23.0. The third-order valence-corrected chi connectivity index (χ3v) is 6.77. The second-order valence-electron chi connectivity index (χ2n) is 10.3. The lowest BCUT2D eigenvalue weighted by Gasteiger charge is -2.22. The molecule has 0 aromatic carbocycles. The minimum Gasteiger partial charge on any atom is -0.366 e. The van der Waals surface area contributed by atoms with E-state index in [4.69, 9.17) is 0 Å². The molecular weight excluding hydrogens is 400 g/mol. The van der Waals surface area contributed by atoms with Gasteiger partial charge in [-0.05, 0) is 25.7 Å². The van der Waals surface area contributed by atoms with Crippen LogP contribution in [0.1, 0.15) is 168 Å². The first kappa shape index (κ1) is 31.8. The standard InChI is InChI=1S/C28H58O4/c1-3-5-7-9-11-15-19-23-27(29,30)25-21-17-13-14-18-22-26-28(31,32)24-20-16-12-10-8-6-4-2/h29-32H,3-26H2,1-2H3. The zero-order valence-electron chi connectivity index (χ0n) is 21.8. The molecule has 0 aromatic rings. The molecule has 0 fully saturated rings. The van der Waals surface area contributed by atoms with E-state index in [1.807, 2.05) is 0 Å². The van der Waals surface area contributed by atoms with Gasteiger partial charge in [-0.2, -0.15) is 0 Å². The summed E-state index contributed by atoms with van der Waals surface area (Å²) >= 11 is 0. The average molecular weight is 459 g/mol. The van der Waals surface area contributed by atoms with Crippen molar-refractivity contribution >= 4 is 0 Å². The van der Waals surface area contributed by atoms with Crippen LogP contribution >= 0.6 is 0 Å². The van der Waals surface area contributed by atoms with Crippen LogP contribution in [0.15, 0.2) is 0 Å². The molecule has 0 saturated carbocycles. The van der Waals surface area contributed by atoms with E-state index in [0.29, 0.717) is 25.7 Å². The molecule has 4 nitrogen and oxygen atoms in total. The number of hydrogen-bond donors (Lipinski definition) is 4. The number of hydrogen-bond acceptors (Lipinski definition) is 4. The van der Waals surface area contributed by atoms with Crippen molar-refractivity contribution in [2.75, 3.05) is 0 Å². The van der Waals surface area contributed by atoms with Crippen LogP contribution in [0.2, 0.25) is 0 Å². The molecule has 0 aliphatic heterocycles. The van der Waals surface area contributed by atoms with Gasteiger partial charge in [0.2, 0.25) is 0 Å². The van der Waals surface area contributed by atoms with Crippen LogP contribution in [0.25, 0.3) is 0 Å². The molecule has 0 bridgehead atoms. The van der Waals surface area contributed by atoms with Gasteiger partial charge in [0.05, 0.1) is 0 Å². The van der Waals surface area contributed by atoms with Crippen molar-refractivity contribution in [1.82, 2.24) is 0 Å². The zero-order valence-corrected chi connectivity index (χ0v) is 21.8. The van der Waals surface area contributed by atoms with Crippen molar-refractivity contribution in [3.63, 3.8) is 0 Å². The van der Waals surface area contributed by atoms with Crippen LogP contribution < -0.4 is 0 Å². The molecule has 4 heteroatoms. The summed E-state index contributed by atoms with van der Waals surface area (Å²) in [5, 5.41) is 40.5. The summed E-state index contributed by atoms with van der Waals surface area (Å²) in [4.78, 5) is 0. The van der Waals surface area contributed by atoms with E-state index in [0.717, 1.165) is 64.2 Å². The van der Waals surface area contributed by atoms with Crippen molar-refractivity contribution in [3.05, 3.63) is 0 Å². The first-order valence-corrected chi connectivity index (χ1v) is 14.2. The van der Waals surface area contributed by atoms with E-state index < -0.39 is 11.6 Å². The Balaban J connectivity index is 3.51. The normalized spacial score (nSPS) is 12.6. The zero-order chi connectivity index (χ0) is 24.0. The highest BCUT2D eigenvalue weighted by molar-refractivity contribution is 4.67. The lowest BCUT2D eigenvalue weighted by Crippen LogP contribution is -2.27. The fourth-order valence-corrected chi connectivity index (χ4v) is 4.50. The van der Waals surface area contributed by atoms with Crippen LogP contribution in [0.4, 0.5) is 0 Å². The maximum absolute atomic E-state index is 10.1. The Morgan fingerprint density at radius 3 is 0.719 bits per heavy atom. The van der Waals surface area contributed by atoms with Gasteiger partial charge < -0.3 is 20.4 Å². The molecule has 0 unspecified atom stereocenters. The Bertz CT molecular complexity index is 346. The van der Waals surface area contributed by atoms with Crippen LogP contribution in [-0.4, -0.2) is 32.0 Å². The summed E-state index contributed by atoms with van der Waals surface area (Å²) in [6.45, 7) is 4.44. The van der Waals surface area contributed by atoms with Gasteiger partial charge in [-0.1, -0.05) is 117 Å². The molecule has 4 N–H and O–H groups in total. The van der Waals surface area contributed by atoms with Crippen LogP contribution in [0, 0.1) is 0 Å². The van der Waals surface area contributed by atoms with E-state index in [1.165, 1.54) is 64.2 Å². The molecular formula is C28H58O4. The van der Waals surface area contributed by atoms with Crippen LogP contribution in [0.5, 0.6) is 0 Å². The van der Waals surface area contributed by atoms with Gasteiger partial charge in [0.15, 0.2) is 11.6 Å². The highest BCUT2D eigenvalue weighted by Crippen LogP contribution is 2.23. The van der Waals surface area contributed by atoms with Gasteiger partial charge in [0.25, 0.3) is 0 Å². The van der Waals surface area contributed by atoms with Gasteiger partial charge in [0, 0.05) is 25.7 Å². The van der Waals surface area contributed by atoms with E-state index in [2.05, 4.69) is 13.8 Å². The van der Waals surface area contributed by atoms with E-state index in [-0.39, 0.29) is 0 Å². The van der Waals surface area contributed by atoms with E-state index >= 15 is 0 Å². The Kier molecular flexibility index (Phi) is 21.3. The fourth-order valence-electron chi connectivity index (χ4n) is 4.50. The molecule has 0 amide bonds. The number of unbranched alkanes of at least 4 members (excludes halogenated alkanes) is 17. The van der Waals surface area contributed by atoms with Crippen LogP contribution in [0.3, 0.4) is 0 Å². The van der Waals surface area contributed by atoms with Crippen molar-refractivity contribution in [1.29, 1.82) is 0 Å². The SMILES string of the molecule is CCCCCCCCCC(O)(O)CCCCCCCCC(O)(O)CCCCCCCCC. The topological polar surface area (TPSA) is 80.9 Å². The first-order valence-electron chi connectivity index (χ1n) is 14.2. The molecule has 0 atom stereocenters. The lowest BCUT2D eigenvalue weighted by molar-refractivity contribution is -0.173. The van der Waals surface area contributed by atoms with Gasteiger partial charge in [-0.15, -0.1) is 0 Å². The summed E-state index contributed by atoms with van der Waals surface area (Å²) < 4.78 is 0. The Morgan fingerprint density at radius 2 is 0.500 bits per heavy atom. The monoisotopic (exact) mass is 458 g/mol. The molecule has 0 aliphatic carbocycles. The minimum atomic E-state index is -1.49. The third-order valence-electron chi connectivity index (χ3n) is 6.77. The van der Waals surface area contributed by atoms with Gasteiger partial charge in [-0.3, -0.25) is 0 Å². The van der Waals surface area contributed by atoms with Crippen molar-refractivity contribution in [2.45, 2.75) is 180 Å². The van der Waals surface area contributed by atoms with Crippen molar-refractivity contribution in [2.24, 2.45) is 0 Å².